The van der Waals surface area contributed by atoms with Crippen LogP contribution in [0.4, 0.5) is 0 Å². The quantitative estimate of drug-likeness (QED) is 0.840. The molecule has 0 radical (unpaired) electrons. The monoisotopic (exact) mass is 234 g/mol. The van der Waals surface area contributed by atoms with E-state index in [0.29, 0.717) is 6.54 Å². The number of nitrogens with zero attached hydrogens (tertiary/aromatic N) is 2. The molecule has 0 spiro atoms. The van der Waals surface area contributed by atoms with Gasteiger partial charge in [0.15, 0.2) is 0 Å². The van der Waals surface area contributed by atoms with Crippen molar-refractivity contribution in [2.24, 2.45) is 5.92 Å². The highest BCUT2D eigenvalue weighted by Crippen LogP contribution is 2.19. The van der Waals surface area contributed by atoms with Gasteiger partial charge in [0.05, 0.1) is 18.2 Å². The summed E-state index contributed by atoms with van der Waals surface area (Å²) in [6.07, 6.45) is 1.79. The highest BCUT2D eigenvalue weighted by Gasteiger charge is 2.34. The SMILES string of the molecule is Cc1ccnc(CN2CC(C(=O)O)CC2=O)c1. The van der Waals surface area contributed by atoms with Crippen LogP contribution in [0.2, 0.25) is 0 Å². The zero-order chi connectivity index (χ0) is 12.4. The van der Waals surface area contributed by atoms with Crippen molar-refractivity contribution < 1.29 is 14.7 Å². The van der Waals surface area contributed by atoms with E-state index in [1.54, 1.807) is 11.1 Å². The minimum absolute atomic E-state index is 0.0984. The van der Waals surface area contributed by atoms with Crippen LogP contribution in [-0.4, -0.2) is 33.4 Å². The number of aliphatic carboxylic acids is 1. The van der Waals surface area contributed by atoms with Crippen molar-refractivity contribution in [1.29, 1.82) is 0 Å². The molecule has 1 saturated heterocycles. The summed E-state index contributed by atoms with van der Waals surface area (Å²) < 4.78 is 0. The number of carbonyl (C=O) groups excluding carboxylic acids is 1. The second-order valence-electron chi connectivity index (χ2n) is 4.34. The van der Waals surface area contributed by atoms with Gasteiger partial charge in [0.1, 0.15) is 0 Å². The van der Waals surface area contributed by atoms with Crippen molar-refractivity contribution in [3.8, 4) is 0 Å². The summed E-state index contributed by atoms with van der Waals surface area (Å²) in [5.41, 5.74) is 1.88. The molecule has 0 bridgehead atoms. The van der Waals surface area contributed by atoms with Gasteiger partial charge in [-0.25, -0.2) is 0 Å². The number of amides is 1. The maximum Gasteiger partial charge on any atom is 0.308 e. The molecular weight excluding hydrogens is 220 g/mol. The Bertz CT molecular complexity index is 459. The van der Waals surface area contributed by atoms with Crippen LogP contribution in [0, 0.1) is 12.8 Å². The van der Waals surface area contributed by atoms with Gasteiger partial charge in [0.25, 0.3) is 0 Å². The van der Waals surface area contributed by atoms with Crippen molar-refractivity contribution in [2.45, 2.75) is 19.9 Å². The van der Waals surface area contributed by atoms with Crippen LogP contribution in [0.3, 0.4) is 0 Å². The van der Waals surface area contributed by atoms with E-state index in [0.717, 1.165) is 11.3 Å². The molecule has 1 aliphatic heterocycles. The molecule has 1 amide bonds. The number of rotatable bonds is 3. The number of carbonyl (C=O) groups is 2. The van der Waals surface area contributed by atoms with Crippen molar-refractivity contribution in [3.63, 3.8) is 0 Å². The van der Waals surface area contributed by atoms with Crippen LogP contribution >= 0.6 is 0 Å². The molecule has 1 fully saturated rings. The zero-order valence-electron chi connectivity index (χ0n) is 9.59. The predicted molar refractivity (Wildman–Crippen MR) is 60.1 cm³/mol. The average molecular weight is 234 g/mol. The lowest BCUT2D eigenvalue weighted by atomic mass is 10.1. The highest BCUT2D eigenvalue weighted by molar-refractivity contribution is 5.86. The lowest BCUT2D eigenvalue weighted by molar-refractivity contribution is -0.141. The fraction of sp³-hybridized carbons (Fsp3) is 0.417. The summed E-state index contributed by atoms with van der Waals surface area (Å²) in [6.45, 7) is 2.63. The molecule has 1 aromatic heterocycles. The summed E-state index contributed by atoms with van der Waals surface area (Å²) in [5.74, 6) is -1.59. The van der Waals surface area contributed by atoms with E-state index in [1.165, 1.54) is 0 Å². The molecule has 2 rings (SSSR count). The number of carboxylic acids is 1. The second kappa shape index (κ2) is 4.53. The number of hydrogen-bond acceptors (Lipinski definition) is 3. The Labute approximate surface area is 99.1 Å². The van der Waals surface area contributed by atoms with Gasteiger partial charge < -0.3 is 10.0 Å². The molecule has 0 aliphatic carbocycles. The summed E-state index contributed by atoms with van der Waals surface area (Å²) in [7, 11) is 0. The third kappa shape index (κ3) is 2.61. The van der Waals surface area contributed by atoms with Crippen molar-refractivity contribution in [2.75, 3.05) is 6.54 Å². The summed E-state index contributed by atoms with van der Waals surface area (Å²) in [4.78, 5) is 28.1. The Kier molecular flexibility index (Phi) is 3.08. The summed E-state index contributed by atoms with van der Waals surface area (Å²) in [6, 6.07) is 3.79. The fourth-order valence-corrected chi connectivity index (χ4v) is 1.97. The van der Waals surface area contributed by atoms with E-state index in [9.17, 15) is 9.59 Å². The van der Waals surface area contributed by atoms with Crippen LogP contribution < -0.4 is 0 Å². The molecule has 5 heteroatoms. The average Bonchev–Trinajstić information content (AvgIpc) is 2.61. The smallest absolute Gasteiger partial charge is 0.308 e. The number of pyridine rings is 1. The van der Waals surface area contributed by atoms with Crippen LogP contribution in [-0.2, 0) is 16.1 Å². The Morgan fingerprint density at radius 3 is 3.00 bits per heavy atom. The first kappa shape index (κ1) is 11.6. The molecule has 1 unspecified atom stereocenters. The van der Waals surface area contributed by atoms with Gasteiger partial charge in [-0.2, -0.15) is 0 Å². The number of carboxylic acid groups (broad SMARTS) is 1. The summed E-state index contributed by atoms with van der Waals surface area (Å²) in [5, 5.41) is 8.86. The molecule has 1 atom stereocenters. The minimum atomic E-state index is -0.905. The minimum Gasteiger partial charge on any atom is -0.481 e. The third-order valence-corrected chi connectivity index (χ3v) is 2.89. The molecule has 17 heavy (non-hydrogen) atoms. The van der Waals surface area contributed by atoms with E-state index in [4.69, 9.17) is 5.11 Å². The Morgan fingerprint density at radius 1 is 1.65 bits per heavy atom. The first-order chi connectivity index (χ1) is 8.06. The number of likely N-dealkylation sites (tertiary alicyclic amines) is 1. The van der Waals surface area contributed by atoms with Gasteiger partial charge in [0.2, 0.25) is 5.91 Å². The Morgan fingerprint density at radius 2 is 2.41 bits per heavy atom. The molecular formula is C12H14N2O3. The van der Waals surface area contributed by atoms with E-state index in [1.807, 2.05) is 19.1 Å². The van der Waals surface area contributed by atoms with E-state index >= 15 is 0 Å². The molecule has 1 N–H and O–H groups in total. The molecule has 90 valence electrons. The van der Waals surface area contributed by atoms with Gasteiger partial charge in [-0.05, 0) is 24.6 Å². The molecule has 0 saturated carbocycles. The maximum atomic E-state index is 11.6. The molecule has 5 nitrogen and oxygen atoms in total. The maximum absolute atomic E-state index is 11.6. The van der Waals surface area contributed by atoms with Crippen LogP contribution in [0.5, 0.6) is 0 Å². The first-order valence-electron chi connectivity index (χ1n) is 5.48. The number of aryl methyl sites for hydroxylation is 1. The lowest BCUT2D eigenvalue weighted by Gasteiger charge is -2.15. The van der Waals surface area contributed by atoms with E-state index < -0.39 is 11.9 Å². The van der Waals surface area contributed by atoms with Gasteiger partial charge in [-0.15, -0.1) is 0 Å². The van der Waals surface area contributed by atoms with E-state index in [-0.39, 0.29) is 18.9 Å². The molecule has 1 aromatic rings. The normalized spacial score (nSPS) is 19.7. The van der Waals surface area contributed by atoms with Crippen LogP contribution in [0.1, 0.15) is 17.7 Å². The third-order valence-electron chi connectivity index (χ3n) is 2.89. The van der Waals surface area contributed by atoms with Gasteiger partial charge in [-0.3, -0.25) is 14.6 Å². The topological polar surface area (TPSA) is 70.5 Å². The number of hydrogen-bond donors (Lipinski definition) is 1. The Balaban J connectivity index is 2.05. The Hall–Kier alpha value is -1.91. The summed E-state index contributed by atoms with van der Waals surface area (Å²) >= 11 is 0. The predicted octanol–water partition coefficient (Wildman–Crippen LogP) is 0.823. The van der Waals surface area contributed by atoms with Crippen molar-refractivity contribution in [3.05, 3.63) is 29.6 Å². The second-order valence-corrected chi connectivity index (χ2v) is 4.34. The highest BCUT2D eigenvalue weighted by atomic mass is 16.4. The van der Waals surface area contributed by atoms with Gasteiger partial charge >= 0.3 is 5.97 Å². The van der Waals surface area contributed by atoms with Crippen molar-refractivity contribution >= 4 is 11.9 Å². The first-order valence-corrected chi connectivity index (χ1v) is 5.48. The van der Waals surface area contributed by atoms with Crippen LogP contribution in [0.25, 0.3) is 0 Å². The lowest BCUT2D eigenvalue weighted by Crippen LogP contribution is -2.26. The fourth-order valence-electron chi connectivity index (χ4n) is 1.97. The molecule has 2 heterocycles. The molecule has 1 aliphatic rings. The van der Waals surface area contributed by atoms with Crippen molar-refractivity contribution in [1.82, 2.24) is 9.88 Å². The van der Waals surface area contributed by atoms with Gasteiger partial charge in [0, 0.05) is 19.2 Å². The number of aromatic nitrogens is 1. The van der Waals surface area contributed by atoms with E-state index in [2.05, 4.69) is 4.98 Å². The largest absolute Gasteiger partial charge is 0.481 e. The van der Waals surface area contributed by atoms with Gasteiger partial charge in [-0.1, -0.05) is 0 Å². The molecule has 0 aromatic carbocycles. The standard InChI is InChI=1S/C12H14N2O3/c1-8-2-3-13-10(4-8)7-14-6-9(12(16)17)5-11(14)15/h2-4,9H,5-7H2,1H3,(H,16,17). The van der Waals surface area contributed by atoms with Crippen LogP contribution in [0.15, 0.2) is 18.3 Å². The zero-order valence-corrected chi connectivity index (χ0v) is 9.59.